The molecule has 3 aromatic rings. The number of amides is 1. The first-order chi connectivity index (χ1) is 12.7. The molecule has 2 aromatic heterocycles. The number of piperidine rings is 1. The molecule has 26 heavy (non-hydrogen) atoms. The third-order valence-electron chi connectivity index (χ3n) is 5.06. The van der Waals surface area contributed by atoms with Gasteiger partial charge >= 0.3 is 0 Å². The van der Waals surface area contributed by atoms with Crippen molar-refractivity contribution >= 4 is 17.1 Å². The van der Waals surface area contributed by atoms with Crippen LogP contribution in [0.5, 0.6) is 5.75 Å². The summed E-state index contributed by atoms with van der Waals surface area (Å²) >= 11 is 0. The van der Waals surface area contributed by atoms with Crippen LogP contribution in [0, 0.1) is 5.92 Å². The van der Waals surface area contributed by atoms with E-state index < -0.39 is 0 Å². The fourth-order valence-corrected chi connectivity index (χ4v) is 3.34. The van der Waals surface area contributed by atoms with Crippen LogP contribution in [0.25, 0.3) is 16.9 Å². The Morgan fingerprint density at radius 2 is 1.88 bits per heavy atom. The van der Waals surface area contributed by atoms with Crippen LogP contribution in [0.4, 0.5) is 0 Å². The Kier molecular flexibility index (Phi) is 4.32. The van der Waals surface area contributed by atoms with E-state index in [-0.39, 0.29) is 5.91 Å². The lowest BCUT2D eigenvalue weighted by atomic mass is 9.99. The first kappa shape index (κ1) is 16.6. The minimum Gasteiger partial charge on any atom is -0.497 e. The smallest absolute Gasteiger partial charge is 0.255 e. The van der Waals surface area contributed by atoms with Gasteiger partial charge in [0.05, 0.1) is 12.7 Å². The number of rotatable bonds is 3. The molecule has 3 heterocycles. The van der Waals surface area contributed by atoms with E-state index in [1.165, 1.54) is 0 Å². The second kappa shape index (κ2) is 6.78. The van der Waals surface area contributed by atoms with Gasteiger partial charge in [-0.25, -0.2) is 9.97 Å². The molecule has 0 saturated carbocycles. The van der Waals surface area contributed by atoms with Gasteiger partial charge in [0.15, 0.2) is 5.65 Å². The number of fused-ring (bicyclic) bond motifs is 1. The summed E-state index contributed by atoms with van der Waals surface area (Å²) in [7, 11) is 1.64. The Hall–Kier alpha value is -2.89. The standard InChI is InChI=1S/C20H22N4O2/c1-14-7-9-23(10-8-14)20(25)15-11-18-19(21-12-15)24(13-22-18)16-3-5-17(26-2)6-4-16/h3-6,11-14H,7-10H2,1-2H3. The number of ether oxygens (including phenoxy) is 1. The molecule has 1 fully saturated rings. The van der Waals surface area contributed by atoms with Crippen molar-refractivity contribution in [1.82, 2.24) is 19.4 Å². The number of aromatic nitrogens is 3. The van der Waals surface area contributed by atoms with E-state index >= 15 is 0 Å². The van der Waals surface area contributed by atoms with Gasteiger partial charge in [0, 0.05) is 25.0 Å². The van der Waals surface area contributed by atoms with Crippen molar-refractivity contribution in [3.8, 4) is 11.4 Å². The van der Waals surface area contributed by atoms with Gasteiger partial charge in [-0.3, -0.25) is 9.36 Å². The average molecular weight is 350 g/mol. The minimum atomic E-state index is 0.0466. The Labute approximate surface area is 152 Å². The van der Waals surface area contributed by atoms with Crippen molar-refractivity contribution in [2.75, 3.05) is 20.2 Å². The molecule has 0 bridgehead atoms. The molecule has 0 radical (unpaired) electrons. The third kappa shape index (κ3) is 3.03. The average Bonchev–Trinajstić information content (AvgIpc) is 3.11. The first-order valence-corrected chi connectivity index (χ1v) is 8.92. The minimum absolute atomic E-state index is 0.0466. The molecule has 0 aliphatic carbocycles. The normalized spacial score (nSPS) is 15.4. The first-order valence-electron chi connectivity index (χ1n) is 8.92. The van der Waals surface area contributed by atoms with Gasteiger partial charge in [-0.15, -0.1) is 0 Å². The Bertz CT molecular complexity index is 925. The van der Waals surface area contributed by atoms with Crippen LogP contribution in [0.15, 0.2) is 42.9 Å². The number of nitrogens with zero attached hydrogens (tertiary/aromatic N) is 4. The summed E-state index contributed by atoms with van der Waals surface area (Å²) in [6.45, 7) is 3.87. The van der Waals surface area contributed by atoms with Gasteiger partial charge in [-0.1, -0.05) is 6.92 Å². The molecule has 6 nitrogen and oxygen atoms in total. The van der Waals surface area contributed by atoms with Gasteiger partial charge in [0.25, 0.3) is 5.91 Å². The molecule has 6 heteroatoms. The van der Waals surface area contributed by atoms with Crippen molar-refractivity contribution in [2.45, 2.75) is 19.8 Å². The summed E-state index contributed by atoms with van der Waals surface area (Å²) in [6.07, 6.45) is 5.52. The lowest BCUT2D eigenvalue weighted by molar-refractivity contribution is 0.0697. The number of carbonyl (C=O) groups excluding carboxylic acids is 1. The summed E-state index contributed by atoms with van der Waals surface area (Å²) in [5.74, 6) is 1.54. The number of hydrogen-bond acceptors (Lipinski definition) is 4. The molecule has 1 aliphatic heterocycles. The van der Waals surface area contributed by atoms with E-state index in [9.17, 15) is 4.79 Å². The van der Waals surface area contributed by atoms with E-state index in [2.05, 4.69) is 16.9 Å². The summed E-state index contributed by atoms with van der Waals surface area (Å²) in [6, 6.07) is 9.54. The molecule has 4 rings (SSSR count). The molecule has 1 aliphatic rings. The summed E-state index contributed by atoms with van der Waals surface area (Å²) in [4.78, 5) is 23.6. The van der Waals surface area contributed by atoms with Crippen LogP contribution in [-0.4, -0.2) is 45.5 Å². The summed E-state index contributed by atoms with van der Waals surface area (Å²) < 4.78 is 7.11. The topological polar surface area (TPSA) is 60.3 Å². The van der Waals surface area contributed by atoms with Crippen LogP contribution >= 0.6 is 0 Å². The fraction of sp³-hybridized carbons (Fsp3) is 0.350. The lowest BCUT2D eigenvalue weighted by Gasteiger charge is -2.30. The van der Waals surface area contributed by atoms with Gasteiger partial charge in [0.2, 0.25) is 0 Å². The highest BCUT2D eigenvalue weighted by atomic mass is 16.5. The van der Waals surface area contributed by atoms with Crippen LogP contribution < -0.4 is 4.74 Å². The summed E-state index contributed by atoms with van der Waals surface area (Å²) in [5, 5.41) is 0. The van der Waals surface area contributed by atoms with E-state index in [4.69, 9.17) is 4.74 Å². The Morgan fingerprint density at radius 3 is 2.58 bits per heavy atom. The third-order valence-corrected chi connectivity index (χ3v) is 5.06. The maximum absolute atomic E-state index is 12.7. The SMILES string of the molecule is COc1ccc(-n2cnc3cc(C(=O)N4CCC(C)CC4)cnc32)cc1. The molecule has 1 saturated heterocycles. The maximum Gasteiger partial charge on any atom is 0.255 e. The monoisotopic (exact) mass is 350 g/mol. The van der Waals surface area contributed by atoms with Crippen molar-refractivity contribution in [1.29, 1.82) is 0 Å². The van der Waals surface area contributed by atoms with Gasteiger partial charge in [-0.2, -0.15) is 0 Å². The highest BCUT2D eigenvalue weighted by Gasteiger charge is 2.22. The molecule has 0 spiro atoms. The zero-order valence-electron chi connectivity index (χ0n) is 15.1. The Balaban J connectivity index is 1.61. The molecule has 0 unspecified atom stereocenters. The molecule has 1 aromatic carbocycles. The fourth-order valence-electron chi connectivity index (χ4n) is 3.34. The van der Waals surface area contributed by atoms with E-state index in [0.29, 0.717) is 11.5 Å². The van der Waals surface area contributed by atoms with E-state index in [0.717, 1.165) is 48.5 Å². The van der Waals surface area contributed by atoms with Crippen molar-refractivity contribution in [3.63, 3.8) is 0 Å². The van der Waals surface area contributed by atoms with Crippen molar-refractivity contribution in [3.05, 3.63) is 48.4 Å². The largest absolute Gasteiger partial charge is 0.497 e. The molecule has 0 N–H and O–H groups in total. The lowest BCUT2D eigenvalue weighted by Crippen LogP contribution is -2.37. The van der Waals surface area contributed by atoms with Crippen molar-refractivity contribution < 1.29 is 9.53 Å². The number of pyridine rings is 1. The number of benzene rings is 1. The van der Waals surface area contributed by atoms with Crippen LogP contribution in [0.1, 0.15) is 30.1 Å². The number of hydrogen-bond donors (Lipinski definition) is 0. The molecule has 1 amide bonds. The van der Waals surface area contributed by atoms with Crippen molar-refractivity contribution in [2.24, 2.45) is 5.92 Å². The van der Waals surface area contributed by atoms with Crippen LogP contribution in [0.3, 0.4) is 0 Å². The number of likely N-dealkylation sites (tertiary alicyclic amines) is 1. The maximum atomic E-state index is 12.7. The zero-order chi connectivity index (χ0) is 18.1. The quantitative estimate of drug-likeness (QED) is 0.727. The number of carbonyl (C=O) groups is 1. The second-order valence-corrected chi connectivity index (χ2v) is 6.85. The van der Waals surface area contributed by atoms with Gasteiger partial charge in [-0.05, 0) is 49.1 Å². The van der Waals surface area contributed by atoms with E-state index in [1.807, 2.05) is 39.8 Å². The molecular weight excluding hydrogens is 328 g/mol. The molecular formula is C20H22N4O2. The predicted octanol–water partition coefficient (Wildman–Crippen LogP) is 3.30. The van der Waals surface area contributed by atoms with Gasteiger partial charge < -0.3 is 9.64 Å². The zero-order valence-corrected chi connectivity index (χ0v) is 15.1. The predicted molar refractivity (Wildman–Crippen MR) is 99.7 cm³/mol. The molecule has 134 valence electrons. The van der Waals surface area contributed by atoms with Crippen LogP contribution in [-0.2, 0) is 0 Å². The highest BCUT2D eigenvalue weighted by Crippen LogP contribution is 2.22. The summed E-state index contributed by atoms with van der Waals surface area (Å²) in [5.41, 5.74) is 3.01. The Morgan fingerprint density at radius 1 is 1.15 bits per heavy atom. The van der Waals surface area contributed by atoms with Gasteiger partial charge in [0.1, 0.15) is 17.6 Å². The second-order valence-electron chi connectivity index (χ2n) is 6.85. The van der Waals surface area contributed by atoms with Crippen LogP contribution in [0.2, 0.25) is 0 Å². The number of methoxy groups -OCH3 is 1. The van der Waals surface area contributed by atoms with E-state index in [1.54, 1.807) is 19.6 Å². The molecule has 0 atom stereocenters. The highest BCUT2D eigenvalue weighted by molar-refractivity contribution is 5.96. The number of imidazole rings is 1.